The monoisotopic (exact) mass is 517 g/mol. The van der Waals surface area contributed by atoms with Crippen molar-refractivity contribution in [2.75, 3.05) is 0 Å². The van der Waals surface area contributed by atoms with Crippen LogP contribution in [0.5, 0.6) is 0 Å². The Kier molecular flexibility index (Phi) is 6.48. The maximum absolute atomic E-state index is 6.69. The average molecular weight is 518 g/mol. The summed E-state index contributed by atoms with van der Waals surface area (Å²) in [6.45, 7) is 13.5. The van der Waals surface area contributed by atoms with Crippen molar-refractivity contribution in [3.05, 3.63) is 123 Å². The van der Waals surface area contributed by atoms with Gasteiger partial charge in [0.15, 0.2) is 0 Å². The Hall–Kier alpha value is -3.22. The molecule has 0 bridgehead atoms. The van der Waals surface area contributed by atoms with E-state index in [1.807, 2.05) is 0 Å². The van der Waals surface area contributed by atoms with Crippen LogP contribution in [-0.4, -0.2) is 12.0 Å². The zero-order valence-corrected chi connectivity index (χ0v) is 24.2. The molecule has 2 nitrogen and oxygen atoms in total. The zero-order valence-electron chi connectivity index (χ0n) is 23.3. The molecule has 0 saturated heterocycles. The summed E-state index contributed by atoms with van der Waals surface area (Å²) in [5, 5.41) is 4.24. The number of hydrogen-bond donors (Lipinski definition) is 0. The molecule has 0 radical (unpaired) electrons. The number of fused-ring (bicyclic) bond motifs is 3. The third-order valence-electron chi connectivity index (χ3n) is 8.04. The molecule has 38 heavy (non-hydrogen) atoms. The maximum Gasteiger partial charge on any atom is 0.217 e. The Bertz CT molecular complexity index is 1480. The van der Waals surface area contributed by atoms with Gasteiger partial charge >= 0.3 is 0 Å². The molecule has 0 aromatic heterocycles. The molecule has 4 aromatic rings. The first-order chi connectivity index (χ1) is 18.3. The highest BCUT2D eigenvalue weighted by molar-refractivity contribution is 7.80. The summed E-state index contributed by atoms with van der Waals surface area (Å²) in [6.07, 6.45) is 2.18. The van der Waals surface area contributed by atoms with E-state index < -0.39 is 7.92 Å². The minimum absolute atomic E-state index is 0.0833. The van der Waals surface area contributed by atoms with Gasteiger partial charge in [-0.05, 0) is 118 Å². The minimum Gasteiger partial charge on any atom is -0.471 e. The molecular formula is C35H36NOP. The predicted molar refractivity (Wildman–Crippen MR) is 162 cm³/mol. The van der Waals surface area contributed by atoms with Crippen molar-refractivity contribution in [1.29, 1.82) is 0 Å². The number of benzene rings is 4. The molecule has 3 heteroatoms. The fourth-order valence-corrected chi connectivity index (χ4v) is 9.69. The lowest BCUT2D eigenvalue weighted by molar-refractivity contribution is 0.175. The molecule has 0 fully saturated rings. The molecule has 2 atom stereocenters. The van der Waals surface area contributed by atoms with Gasteiger partial charge in [0.1, 0.15) is 12.1 Å². The fourth-order valence-electron chi connectivity index (χ4n) is 6.67. The van der Waals surface area contributed by atoms with Gasteiger partial charge in [-0.15, -0.1) is 0 Å². The van der Waals surface area contributed by atoms with E-state index in [9.17, 15) is 0 Å². The molecule has 2 aliphatic rings. The number of nitrogens with zero attached hydrogens (tertiary/aromatic N) is 1. The minimum atomic E-state index is -0.826. The quantitative estimate of drug-likeness (QED) is 0.264. The second-order valence-corrected chi connectivity index (χ2v) is 13.2. The third kappa shape index (κ3) is 4.30. The molecule has 0 N–H and O–H groups in total. The van der Waals surface area contributed by atoms with Crippen LogP contribution in [0.4, 0.5) is 0 Å². The van der Waals surface area contributed by atoms with Crippen molar-refractivity contribution in [3.8, 4) is 0 Å². The summed E-state index contributed by atoms with van der Waals surface area (Å²) in [7, 11) is -0.826. The van der Waals surface area contributed by atoms with Crippen LogP contribution in [0.1, 0.15) is 62.5 Å². The zero-order chi connectivity index (χ0) is 26.6. The van der Waals surface area contributed by atoms with E-state index in [0.717, 1.165) is 24.3 Å². The molecule has 1 aliphatic carbocycles. The Balaban J connectivity index is 1.56. The number of rotatable bonds is 4. The van der Waals surface area contributed by atoms with E-state index in [2.05, 4.69) is 114 Å². The Morgan fingerprint density at radius 3 is 1.89 bits per heavy atom. The van der Waals surface area contributed by atoms with Crippen LogP contribution in [0.25, 0.3) is 0 Å². The maximum atomic E-state index is 6.69. The third-order valence-corrected chi connectivity index (χ3v) is 11.2. The Morgan fingerprint density at radius 1 is 0.711 bits per heavy atom. The van der Waals surface area contributed by atoms with Crippen molar-refractivity contribution >= 4 is 29.7 Å². The topological polar surface area (TPSA) is 21.6 Å². The first-order valence-corrected chi connectivity index (χ1v) is 15.0. The highest BCUT2D eigenvalue weighted by Crippen LogP contribution is 2.43. The number of aryl methyl sites for hydroxylation is 7. The van der Waals surface area contributed by atoms with Crippen molar-refractivity contribution in [1.82, 2.24) is 0 Å². The average Bonchev–Trinajstić information content (AvgIpc) is 3.32. The van der Waals surface area contributed by atoms with Crippen LogP contribution < -0.4 is 15.9 Å². The van der Waals surface area contributed by atoms with E-state index in [0.29, 0.717) is 0 Å². The normalized spacial score (nSPS) is 18.1. The summed E-state index contributed by atoms with van der Waals surface area (Å²) in [6, 6.07) is 27.1. The Labute approximate surface area is 228 Å². The largest absolute Gasteiger partial charge is 0.471 e. The van der Waals surface area contributed by atoms with Crippen molar-refractivity contribution in [2.45, 2.75) is 66.5 Å². The molecule has 0 unspecified atom stereocenters. The molecular weight excluding hydrogens is 481 g/mol. The van der Waals surface area contributed by atoms with E-state index in [1.54, 1.807) is 0 Å². The van der Waals surface area contributed by atoms with Crippen molar-refractivity contribution < 1.29 is 4.74 Å². The lowest BCUT2D eigenvalue weighted by Crippen LogP contribution is -2.31. The summed E-state index contributed by atoms with van der Waals surface area (Å²) in [4.78, 5) is 5.27. The molecule has 1 heterocycles. The first-order valence-electron chi connectivity index (χ1n) is 13.7. The molecule has 0 saturated carbocycles. The lowest BCUT2D eigenvalue weighted by atomic mass is 9.86. The smallest absolute Gasteiger partial charge is 0.217 e. The van der Waals surface area contributed by atoms with Gasteiger partial charge in [0.05, 0.1) is 0 Å². The lowest BCUT2D eigenvalue weighted by Gasteiger charge is -2.29. The molecule has 4 aromatic carbocycles. The van der Waals surface area contributed by atoms with Gasteiger partial charge in [-0.3, -0.25) is 0 Å². The predicted octanol–water partition coefficient (Wildman–Crippen LogP) is 7.13. The molecule has 0 spiro atoms. The van der Waals surface area contributed by atoms with Gasteiger partial charge in [0, 0.05) is 5.56 Å². The van der Waals surface area contributed by atoms with Gasteiger partial charge in [-0.25, -0.2) is 4.99 Å². The van der Waals surface area contributed by atoms with Gasteiger partial charge in [-0.1, -0.05) is 77.9 Å². The van der Waals surface area contributed by atoms with Crippen LogP contribution in [0.2, 0.25) is 0 Å². The second-order valence-electron chi connectivity index (χ2n) is 11.1. The number of aliphatic imine (C=N–C) groups is 1. The van der Waals surface area contributed by atoms with Gasteiger partial charge in [-0.2, -0.15) is 0 Å². The van der Waals surface area contributed by atoms with Gasteiger partial charge in [0.2, 0.25) is 5.90 Å². The van der Waals surface area contributed by atoms with Gasteiger partial charge in [0.25, 0.3) is 0 Å². The van der Waals surface area contributed by atoms with Crippen LogP contribution >= 0.6 is 7.92 Å². The molecule has 0 amide bonds. The van der Waals surface area contributed by atoms with Crippen LogP contribution in [0, 0.1) is 41.5 Å². The summed E-state index contributed by atoms with van der Waals surface area (Å²) < 4.78 is 6.69. The summed E-state index contributed by atoms with van der Waals surface area (Å²) in [5.74, 6) is 0.810. The summed E-state index contributed by atoms with van der Waals surface area (Å²) >= 11 is 0. The highest BCUT2D eigenvalue weighted by atomic mass is 31.1. The Morgan fingerprint density at radius 2 is 1.26 bits per heavy atom. The van der Waals surface area contributed by atoms with Crippen LogP contribution in [-0.2, 0) is 11.2 Å². The second kappa shape index (κ2) is 9.83. The first kappa shape index (κ1) is 25.1. The summed E-state index contributed by atoms with van der Waals surface area (Å²) in [5.41, 5.74) is 12.0. The number of ether oxygens (including phenoxy) is 1. The van der Waals surface area contributed by atoms with E-state index >= 15 is 0 Å². The molecule has 192 valence electrons. The van der Waals surface area contributed by atoms with E-state index in [4.69, 9.17) is 9.73 Å². The molecule has 6 rings (SSSR count). The van der Waals surface area contributed by atoms with Crippen molar-refractivity contribution in [3.63, 3.8) is 0 Å². The number of hydrogen-bond acceptors (Lipinski definition) is 2. The van der Waals surface area contributed by atoms with E-state index in [1.165, 1.54) is 60.4 Å². The van der Waals surface area contributed by atoms with E-state index in [-0.39, 0.29) is 12.1 Å². The fraction of sp³-hybridized carbons (Fsp3) is 0.286. The highest BCUT2D eigenvalue weighted by Gasteiger charge is 2.38. The van der Waals surface area contributed by atoms with Gasteiger partial charge < -0.3 is 4.74 Å². The van der Waals surface area contributed by atoms with Crippen LogP contribution in [0.3, 0.4) is 0 Å². The van der Waals surface area contributed by atoms with Crippen LogP contribution in [0.15, 0.2) is 77.8 Å². The standard InChI is InChI=1S/C35H36NOP/c1-21-17-23(3)33(24(4)18-21)38(34-25(5)19-22(2)20-26(34)6)31-14-10-9-13-29(31)35-36-32-28-12-8-7-11-27(28)15-16-30(32)37-35/h7-14,17-20,30,32H,15-16H2,1-6H3/t30-,32+/m0/s1. The SMILES string of the molecule is Cc1cc(C)c(P(c2ccccc2C2=N[C@@H]3c4ccccc4CC[C@@H]3O2)c2c(C)cc(C)cc2C)c(C)c1. The van der Waals surface area contributed by atoms with Crippen molar-refractivity contribution in [2.24, 2.45) is 4.99 Å². The molecule has 1 aliphatic heterocycles.